The van der Waals surface area contributed by atoms with Gasteiger partial charge < -0.3 is 10.4 Å². The Morgan fingerprint density at radius 3 is 2.36 bits per heavy atom. The minimum Gasteiger partial charge on any atom is -0.508 e. The van der Waals surface area contributed by atoms with E-state index < -0.39 is 15.9 Å². The molecule has 3 aromatic rings. The standard InChI is InChI=1S/C18H16N4O5S/c1-27-22-28(25,26)16-7-5-12(6-8-16)18(24)21-14-10-19-17(20-11-14)13-3-2-4-15(23)9-13/h2-11,22-23H,1H3,(H,21,24). The van der Waals surface area contributed by atoms with E-state index in [1.807, 2.05) is 4.89 Å². The van der Waals surface area contributed by atoms with Gasteiger partial charge in [0, 0.05) is 11.1 Å². The van der Waals surface area contributed by atoms with Gasteiger partial charge >= 0.3 is 0 Å². The Hall–Kier alpha value is -3.34. The molecular formula is C18H16N4O5S. The second-order valence-electron chi connectivity index (χ2n) is 5.62. The van der Waals surface area contributed by atoms with Crippen LogP contribution in [0.4, 0.5) is 5.69 Å². The number of sulfonamides is 1. The highest BCUT2D eigenvalue weighted by molar-refractivity contribution is 7.89. The molecule has 0 aliphatic heterocycles. The van der Waals surface area contributed by atoms with E-state index in [4.69, 9.17) is 0 Å². The van der Waals surface area contributed by atoms with Crippen LogP contribution in [0.5, 0.6) is 5.75 Å². The number of anilines is 1. The molecule has 9 nitrogen and oxygen atoms in total. The maximum absolute atomic E-state index is 12.3. The summed E-state index contributed by atoms with van der Waals surface area (Å²) in [6.07, 6.45) is 2.87. The number of hydrogen-bond donors (Lipinski definition) is 3. The molecule has 10 heteroatoms. The van der Waals surface area contributed by atoms with Gasteiger partial charge in [-0.15, -0.1) is 0 Å². The van der Waals surface area contributed by atoms with Gasteiger partial charge in [0.25, 0.3) is 15.9 Å². The van der Waals surface area contributed by atoms with Crippen LogP contribution in [-0.4, -0.2) is 36.5 Å². The lowest BCUT2D eigenvalue weighted by Gasteiger charge is -2.07. The first kappa shape index (κ1) is 19.4. The number of phenols is 1. The number of benzene rings is 2. The first-order chi connectivity index (χ1) is 13.4. The van der Waals surface area contributed by atoms with Crippen molar-refractivity contribution in [3.63, 3.8) is 0 Å². The largest absolute Gasteiger partial charge is 0.508 e. The minimum absolute atomic E-state index is 0.0373. The summed E-state index contributed by atoms with van der Waals surface area (Å²) in [4.78, 5) is 26.9. The predicted molar refractivity (Wildman–Crippen MR) is 101 cm³/mol. The molecule has 0 unspecified atom stereocenters. The molecular weight excluding hydrogens is 384 g/mol. The molecule has 1 heterocycles. The summed E-state index contributed by atoms with van der Waals surface area (Å²) in [7, 11) is -2.60. The topological polar surface area (TPSA) is 131 Å². The molecule has 0 saturated heterocycles. The number of aromatic hydroxyl groups is 1. The van der Waals surface area contributed by atoms with Gasteiger partial charge in [-0.1, -0.05) is 17.0 Å². The number of carbonyl (C=O) groups is 1. The third-order valence-electron chi connectivity index (χ3n) is 3.63. The molecule has 0 bridgehead atoms. The molecule has 0 aliphatic rings. The Morgan fingerprint density at radius 2 is 1.75 bits per heavy atom. The molecule has 0 atom stereocenters. The fourth-order valence-corrected chi connectivity index (χ4v) is 3.14. The van der Waals surface area contributed by atoms with Crippen LogP contribution in [0.1, 0.15) is 10.4 Å². The van der Waals surface area contributed by atoms with E-state index in [0.717, 1.165) is 0 Å². The van der Waals surface area contributed by atoms with Crippen LogP contribution >= 0.6 is 0 Å². The smallest absolute Gasteiger partial charge is 0.262 e. The zero-order valence-corrected chi connectivity index (χ0v) is 15.5. The fraction of sp³-hybridized carbons (Fsp3) is 0.0556. The molecule has 144 valence electrons. The molecule has 0 fully saturated rings. The first-order valence-electron chi connectivity index (χ1n) is 7.97. The van der Waals surface area contributed by atoms with Gasteiger partial charge in [-0.05, 0) is 36.4 Å². The van der Waals surface area contributed by atoms with Gasteiger partial charge in [0.1, 0.15) is 5.75 Å². The van der Waals surface area contributed by atoms with Crippen molar-refractivity contribution in [1.82, 2.24) is 14.9 Å². The van der Waals surface area contributed by atoms with Gasteiger partial charge in [0.15, 0.2) is 5.82 Å². The molecule has 28 heavy (non-hydrogen) atoms. The second kappa shape index (κ2) is 8.13. The van der Waals surface area contributed by atoms with Crippen molar-refractivity contribution in [2.45, 2.75) is 4.90 Å². The van der Waals surface area contributed by atoms with E-state index in [2.05, 4.69) is 20.1 Å². The van der Waals surface area contributed by atoms with E-state index >= 15 is 0 Å². The van der Waals surface area contributed by atoms with Crippen LogP contribution in [0.25, 0.3) is 11.4 Å². The van der Waals surface area contributed by atoms with E-state index in [0.29, 0.717) is 17.1 Å². The van der Waals surface area contributed by atoms with Gasteiger partial charge in [0.05, 0.1) is 30.1 Å². The summed E-state index contributed by atoms with van der Waals surface area (Å²) in [5, 5.41) is 12.1. The highest BCUT2D eigenvalue weighted by Gasteiger charge is 2.15. The average Bonchev–Trinajstić information content (AvgIpc) is 2.68. The van der Waals surface area contributed by atoms with Crippen LogP contribution in [-0.2, 0) is 14.9 Å². The quantitative estimate of drug-likeness (QED) is 0.539. The summed E-state index contributed by atoms with van der Waals surface area (Å²) in [5.41, 5.74) is 1.26. The Kier molecular flexibility index (Phi) is 5.64. The molecule has 0 spiro atoms. The summed E-state index contributed by atoms with van der Waals surface area (Å²) in [6.45, 7) is 0. The number of aromatic nitrogens is 2. The Bertz CT molecular complexity index is 1080. The van der Waals surface area contributed by atoms with Crippen molar-refractivity contribution in [1.29, 1.82) is 0 Å². The highest BCUT2D eigenvalue weighted by atomic mass is 32.2. The third kappa shape index (κ3) is 4.49. The number of nitrogens with one attached hydrogen (secondary N) is 2. The molecule has 3 rings (SSSR count). The fourth-order valence-electron chi connectivity index (χ4n) is 2.33. The Morgan fingerprint density at radius 1 is 1.07 bits per heavy atom. The number of carbonyl (C=O) groups excluding carboxylic acids is 1. The van der Waals surface area contributed by atoms with Crippen LogP contribution in [0, 0.1) is 0 Å². The third-order valence-corrected chi connectivity index (χ3v) is 4.91. The number of amides is 1. The van der Waals surface area contributed by atoms with Crippen LogP contribution < -0.4 is 10.2 Å². The van der Waals surface area contributed by atoms with Crippen molar-refractivity contribution < 1.29 is 23.2 Å². The zero-order valence-electron chi connectivity index (χ0n) is 14.7. The zero-order chi connectivity index (χ0) is 20.1. The van der Waals surface area contributed by atoms with Gasteiger partial charge in [0.2, 0.25) is 0 Å². The van der Waals surface area contributed by atoms with Gasteiger partial charge in [-0.3, -0.25) is 9.63 Å². The summed E-state index contributed by atoms with van der Waals surface area (Å²) in [6, 6.07) is 11.8. The van der Waals surface area contributed by atoms with Crippen molar-refractivity contribution >= 4 is 21.6 Å². The molecule has 0 aliphatic carbocycles. The van der Waals surface area contributed by atoms with Crippen molar-refractivity contribution in [3.8, 4) is 17.1 Å². The molecule has 0 radical (unpaired) electrons. The number of rotatable bonds is 6. The molecule has 1 aromatic heterocycles. The van der Waals surface area contributed by atoms with E-state index in [9.17, 15) is 18.3 Å². The lowest BCUT2D eigenvalue weighted by molar-refractivity contribution is 0.102. The van der Waals surface area contributed by atoms with Crippen molar-refractivity contribution in [2.24, 2.45) is 0 Å². The second-order valence-corrected chi connectivity index (χ2v) is 7.26. The van der Waals surface area contributed by atoms with Crippen molar-refractivity contribution in [2.75, 3.05) is 12.4 Å². The monoisotopic (exact) mass is 400 g/mol. The first-order valence-corrected chi connectivity index (χ1v) is 9.45. The lowest BCUT2D eigenvalue weighted by Crippen LogP contribution is -2.22. The summed E-state index contributed by atoms with van der Waals surface area (Å²) in [5.74, 6) is 0.0519. The predicted octanol–water partition coefficient (Wildman–Crippen LogP) is 1.94. The van der Waals surface area contributed by atoms with Gasteiger partial charge in [-0.25, -0.2) is 18.4 Å². The summed E-state index contributed by atoms with van der Waals surface area (Å²) >= 11 is 0. The number of phenolic OH excluding ortho intramolecular Hbond substituents is 1. The maximum Gasteiger partial charge on any atom is 0.262 e. The summed E-state index contributed by atoms with van der Waals surface area (Å²) < 4.78 is 23.6. The number of nitrogens with zero attached hydrogens (tertiary/aromatic N) is 2. The molecule has 0 saturated carbocycles. The lowest BCUT2D eigenvalue weighted by atomic mass is 10.2. The van der Waals surface area contributed by atoms with Crippen LogP contribution in [0.3, 0.4) is 0 Å². The highest BCUT2D eigenvalue weighted by Crippen LogP contribution is 2.20. The van der Waals surface area contributed by atoms with E-state index in [-0.39, 0.29) is 16.2 Å². The van der Waals surface area contributed by atoms with Gasteiger partial charge in [-0.2, -0.15) is 0 Å². The molecule has 1 amide bonds. The Balaban J connectivity index is 1.71. The van der Waals surface area contributed by atoms with Crippen LogP contribution in [0.15, 0.2) is 65.8 Å². The SMILES string of the molecule is CONS(=O)(=O)c1ccc(C(=O)Nc2cnc(-c3cccc(O)c3)nc2)cc1. The minimum atomic E-state index is -3.79. The Labute approximate surface area is 161 Å². The maximum atomic E-state index is 12.3. The van der Waals surface area contributed by atoms with E-state index in [1.165, 1.54) is 49.8 Å². The van der Waals surface area contributed by atoms with Crippen LogP contribution in [0.2, 0.25) is 0 Å². The normalized spacial score (nSPS) is 11.2. The van der Waals surface area contributed by atoms with E-state index in [1.54, 1.807) is 18.2 Å². The number of hydrogen-bond acceptors (Lipinski definition) is 7. The molecule has 3 N–H and O–H groups in total. The molecule has 2 aromatic carbocycles. The average molecular weight is 400 g/mol. The van der Waals surface area contributed by atoms with Crippen molar-refractivity contribution in [3.05, 3.63) is 66.5 Å².